The molecule has 0 bridgehead atoms. The molecule has 0 saturated carbocycles. The van der Waals surface area contributed by atoms with Crippen LogP contribution in [0.1, 0.15) is 25.0 Å². The molecule has 1 aliphatic carbocycles. The highest BCUT2D eigenvalue weighted by atomic mass is 32.2. The monoisotopic (exact) mass is 329 g/mol. The van der Waals surface area contributed by atoms with Crippen molar-refractivity contribution in [2.45, 2.75) is 29.1 Å². The van der Waals surface area contributed by atoms with Gasteiger partial charge in [-0.25, -0.2) is 0 Å². The fourth-order valence-electron chi connectivity index (χ4n) is 4.13. The van der Waals surface area contributed by atoms with Crippen molar-refractivity contribution in [3.05, 3.63) is 71.8 Å². The van der Waals surface area contributed by atoms with E-state index in [1.807, 2.05) is 11.8 Å². The van der Waals surface area contributed by atoms with E-state index < -0.39 is 0 Å². The summed E-state index contributed by atoms with van der Waals surface area (Å²) in [6, 6.07) is 22.3. The molecule has 2 heteroatoms. The molecule has 0 atom stereocenters. The summed E-state index contributed by atoms with van der Waals surface area (Å²) in [5.74, 6) is 0. The van der Waals surface area contributed by atoms with Crippen molar-refractivity contribution in [2.75, 3.05) is 11.9 Å². The third-order valence-corrected chi connectivity index (χ3v) is 6.58. The Morgan fingerprint density at radius 1 is 0.750 bits per heavy atom. The first-order valence-corrected chi connectivity index (χ1v) is 9.18. The van der Waals surface area contributed by atoms with E-state index in [1.54, 1.807) is 0 Å². The Labute approximate surface area is 147 Å². The van der Waals surface area contributed by atoms with Crippen LogP contribution in [-0.2, 0) is 5.41 Å². The van der Waals surface area contributed by atoms with Gasteiger partial charge >= 0.3 is 0 Å². The predicted octanol–water partition coefficient (Wildman–Crippen LogP) is 6.23. The average Bonchev–Trinajstić information content (AvgIpc) is 2.82. The lowest BCUT2D eigenvalue weighted by atomic mass is 9.82. The first kappa shape index (κ1) is 14.2. The van der Waals surface area contributed by atoms with Gasteiger partial charge in [-0.15, -0.1) is 0 Å². The van der Waals surface area contributed by atoms with Crippen LogP contribution < -0.4 is 4.90 Å². The molecule has 2 aliphatic rings. The molecule has 0 N–H and O–H groups in total. The Hall–Kier alpha value is -2.19. The van der Waals surface area contributed by atoms with Gasteiger partial charge in [0.2, 0.25) is 0 Å². The molecule has 0 fully saturated rings. The molecule has 5 rings (SSSR count). The van der Waals surface area contributed by atoms with Crippen molar-refractivity contribution in [3.8, 4) is 11.1 Å². The molecule has 1 aliphatic heterocycles. The molecule has 0 aromatic heterocycles. The molecular weight excluding hydrogens is 310 g/mol. The zero-order chi connectivity index (χ0) is 16.5. The minimum Gasteiger partial charge on any atom is -0.343 e. The van der Waals surface area contributed by atoms with Crippen LogP contribution in [0.2, 0.25) is 0 Å². The summed E-state index contributed by atoms with van der Waals surface area (Å²) in [7, 11) is 2.18. The molecule has 118 valence electrons. The van der Waals surface area contributed by atoms with Gasteiger partial charge in [0.15, 0.2) is 0 Å². The second kappa shape index (κ2) is 4.67. The zero-order valence-corrected chi connectivity index (χ0v) is 14.9. The van der Waals surface area contributed by atoms with Gasteiger partial charge in [-0.05, 0) is 46.5 Å². The van der Waals surface area contributed by atoms with Crippen LogP contribution in [0.4, 0.5) is 11.4 Å². The molecule has 24 heavy (non-hydrogen) atoms. The van der Waals surface area contributed by atoms with Crippen molar-refractivity contribution >= 4 is 23.1 Å². The number of hydrogen-bond acceptors (Lipinski definition) is 2. The number of para-hydroxylation sites is 1. The lowest BCUT2D eigenvalue weighted by Crippen LogP contribution is -2.17. The van der Waals surface area contributed by atoms with E-state index >= 15 is 0 Å². The number of benzene rings is 3. The Balaban J connectivity index is 1.77. The summed E-state index contributed by atoms with van der Waals surface area (Å²) in [6.07, 6.45) is 0. The van der Waals surface area contributed by atoms with E-state index in [0.29, 0.717) is 0 Å². The smallest absolute Gasteiger partial charge is 0.0556 e. The molecule has 3 aromatic rings. The maximum atomic E-state index is 2.42. The molecule has 1 heterocycles. The molecule has 0 spiro atoms. The average molecular weight is 329 g/mol. The lowest BCUT2D eigenvalue weighted by Gasteiger charge is -2.31. The van der Waals surface area contributed by atoms with Crippen molar-refractivity contribution in [3.63, 3.8) is 0 Å². The van der Waals surface area contributed by atoms with Crippen molar-refractivity contribution in [1.82, 2.24) is 0 Å². The summed E-state index contributed by atoms with van der Waals surface area (Å²) < 4.78 is 0. The summed E-state index contributed by atoms with van der Waals surface area (Å²) in [5.41, 5.74) is 8.33. The van der Waals surface area contributed by atoms with E-state index in [2.05, 4.69) is 86.5 Å². The zero-order valence-electron chi connectivity index (χ0n) is 14.1. The number of anilines is 2. The SMILES string of the molecule is CN1c2ccccc2Sc2cc3c(cc21)-c1ccccc1C3(C)C. The normalized spacial score (nSPS) is 16.2. The third kappa shape index (κ3) is 1.72. The minimum atomic E-state index is 0.0665. The predicted molar refractivity (Wildman–Crippen MR) is 103 cm³/mol. The summed E-state index contributed by atoms with van der Waals surface area (Å²) in [6.45, 7) is 4.68. The van der Waals surface area contributed by atoms with Gasteiger partial charge in [0.1, 0.15) is 0 Å². The molecule has 0 saturated heterocycles. The van der Waals surface area contributed by atoms with E-state index in [-0.39, 0.29) is 5.41 Å². The first-order chi connectivity index (χ1) is 11.6. The van der Waals surface area contributed by atoms with Gasteiger partial charge in [0, 0.05) is 22.3 Å². The van der Waals surface area contributed by atoms with E-state index in [1.165, 1.54) is 43.4 Å². The molecule has 0 unspecified atom stereocenters. The quantitative estimate of drug-likeness (QED) is 0.481. The summed E-state index contributed by atoms with van der Waals surface area (Å²) in [4.78, 5) is 5.02. The van der Waals surface area contributed by atoms with E-state index in [9.17, 15) is 0 Å². The second-order valence-corrected chi connectivity index (χ2v) is 8.25. The van der Waals surface area contributed by atoms with Gasteiger partial charge in [0.05, 0.1) is 11.4 Å². The highest BCUT2D eigenvalue weighted by Crippen LogP contribution is 2.55. The highest BCUT2D eigenvalue weighted by Gasteiger charge is 2.37. The largest absolute Gasteiger partial charge is 0.343 e. The molecular formula is C22H19NS. The number of rotatable bonds is 0. The summed E-state index contributed by atoms with van der Waals surface area (Å²) >= 11 is 1.89. The first-order valence-electron chi connectivity index (χ1n) is 8.36. The Morgan fingerprint density at radius 3 is 2.38 bits per heavy atom. The number of hydrogen-bond donors (Lipinski definition) is 0. The molecule has 0 radical (unpaired) electrons. The Morgan fingerprint density at radius 2 is 1.50 bits per heavy atom. The van der Waals surface area contributed by atoms with Crippen LogP contribution in [0.15, 0.2) is 70.5 Å². The number of fused-ring (bicyclic) bond motifs is 5. The van der Waals surface area contributed by atoms with Crippen LogP contribution in [0.25, 0.3) is 11.1 Å². The van der Waals surface area contributed by atoms with Gasteiger partial charge in [-0.2, -0.15) is 0 Å². The maximum absolute atomic E-state index is 2.42. The third-order valence-electron chi connectivity index (χ3n) is 5.47. The van der Waals surface area contributed by atoms with E-state index in [4.69, 9.17) is 0 Å². The maximum Gasteiger partial charge on any atom is 0.0556 e. The van der Waals surface area contributed by atoms with Gasteiger partial charge in [-0.1, -0.05) is 62.0 Å². The second-order valence-electron chi connectivity index (χ2n) is 7.16. The molecule has 1 nitrogen and oxygen atoms in total. The van der Waals surface area contributed by atoms with Gasteiger partial charge in [-0.3, -0.25) is 0 Å². The fourth-order valence-corrected chi connectivity index (χ4v) is 5.30. The lowest BCUT2D eigenvalue weighted by molar-refractivity contribution is 0.658. The van der Waals surface area contributed by atoms with Crippen LogP contribution in [0.5, 0.6) is 0 Å². The van der Waals surface area contributed by atoms with Crippen LogP contribution in [-0.4, -0.2) is 7.05 Å². The number of nitrogens with zero attached hydrogens (tertiary/aromatic N) is 1. The van der Waals surface area contributed by atoms with Gasteiger partial charge in [0.25, 0.3) is 0 Å². The molecule has 0 amide bonds. The topological polar surface area (TPSA) is 3.24 Å². The highest BCUT2D eigenvalue weighted by molar-refractivity contribution is 7.99. The Bertz CT molecular complexity index is 987. The van der Waals surface area contributed by atoms with Crippen LogP contribution in [0.3, 0.4) is 0 Å². The van der Waals surface area contributed by atoms with E-state index in [0.717, 1.165) is 0 Å². The summed E-state index contributed by atoms with van der Waals surface area (Å²) in [5, 5.41) is 0. The fraction of sp³-hybridized carbons (Fsp3) is 0.182. The minimum absolute atomic E-state index is 0.0665. The van der Waals surface area contributed by atoms with Crippen LogP contribution >= 0.6 is 11.8 Å². The standard InChI is InChI=1S/C22H19NS/c1-22(2)16-9-5-4-8-14(16)15-12-19-21(13-17(15)22)24-20-11-7-6-10-18(20)23(19)3/h4-13H,1-3H3. The van der Waals surface area contributed by atoms with Crippen LogP contribution in [0, 0.1) is 0 Å². The Kier molecular flexibility index (Phi) is 2.76. The van der Waals surface area contributed by atoms with Gasteiger partial charge < -0.3 is 4.90 Å². The van der Waals surface area contributed by atoms with Crippen molar-refractivity contribution < 1.29 is 0 Å². The van der Waals surface area contributed by atoms with Crippen molar-refractivity contribution in [1.29, 1.82) is 0 Å². The molecule has 3 aromatic carbocycles. The van der Waals surface area contributed by atoms with Crippen molar-refractivity contribution in [2.24, 2.45) is 0 Å².